The Balaban J connectivity index is 2.06. The monoisotopic (exact) mass is 773 g/mol. The Morgan fingerprint density at radius 2 is 1.61 bits per heavy atom. The summed E-state index contributed by atoms with van der Waals surface area (Å²) >= 11 is 0. The Hall–Kier alpha value is -2.35. The SMILES string of the molecule is CCC(=O)O[C@H]1CC(=O)O[C@@H](C)[C@@H](O)/C=C/C=C/[C@@H](O)[C@@H](C)C[C@H](CC=O)[C@@H](O[C@@H]2O[C@H](C)[C@@H](O[C@H]3C[C@@](C)(O)[C@@H](O)[C@H](C)O3)[C@H](N(C)C)[C@H]2O)[C@@H]1OC. The van der Waals surface area contributed by atoms with E-state index in [0.717, 1.165) is 0 Å². The first-order valence-corrected chi connectivity index (χ1v) is 18.8. The normalized spacial score (nSPS) is 44.2. The van der Waals surface area contributed by atoms with Crippen LogP contribution in [-0.2, 0) is 47.5 Å². The van der Waals surface area contributed by atoms with E-state index < -0.39 is 122 Å². The second kappa shape index (κ2) is 20.7. The summed E-state index contributed by atoms with van der Waals surface area (Å²) in [7, 11) is 4.80. The highest BCUT2D eigenvalue weighted by Crippen LogP contribution is 2.37. The molecule has 0 aliphatic carbocycles. The molecule has 3 rings (SSSR count). The predicted octanol–water partition coefficient (Wildman–Crippen LogP) is 0.777. The number of ether oxygens (including phenoxy) is 7. The fraction of sp³-hybridized carbons (Fsp3) is 0.816. The van der Waals surface area contributed by atoms with Gasteiger partial charge in [-0.05, 0) is 60.0 Å². The highest BCUT2D eigenvalue weighted by molar-refractivity contribution is 5.72. The number of aliphatic hydroxyl groups is 5. The van der Waals surface area contributed by atoms with Crippen molar-refractivity contribution in [2.75, 3.05) is 21.2 Å². The number of likely N-dealkylation sites (N-methyl/N-ethyl adjacent to an activating group) is 1. The van der Waals surface area contributed by atoms with Gasteiger partial charge in [0.15, 0.2) is 12.6 Å². The number of esters is 2. The molecule has 54 heavy (non-hydrogen) atoms. The first-order valence-electron chi connectivity index (χ1n) is 18.8. The largest absolute Gasteiger partial charge is 0.459 e. The summed E-state index contributed by atoms with van der Waals surface area (Å²) in [6.07, 6.45) is -7.84. The van der Waals surface area contributed by atoms with Crippen molar-refractivity contribution in [3.05, 3.63) is 24.3 Å². The highest BCUT2D eigenvalue weighted by atomic mass is 16.7. The van der Waals surface area contributed by atoms with Crippen LogP contribution in [0.2, 0.25) is 0 Å². The number of hydrogen-bond acceptors (Lipinski definition) is 16. The molecule has 0 aromatic rings. The Kier molecular flexibility index (Phi) is 17.7. The lowest BCUT2D eigenvalue weighted by molar-refractivity contribution is -0.344. The van der Waals surface area contributed by atoms with E-state index in [0.29, 0.717) is 6.29 Å². The van der Waals surface area contributed by atoms with Crippen LogP contribution in [0.1, 0.15) is 73.6 Å². The van der Waals surface area contributed by atoms with Gasteiger partial charge >= 0.3 is 11.9 Å². The van der Waals surface area contributed by atoms with Gasteiger partial charge in [0.05, 0.1) is 42.5 Å². The van der Waals surface area contributed by atoms with Gasteiger partial charge in [-0.3, -0.25) is 9.59 Å². The van der Waals surface area contributed by atoms with Gasteiger partial charge in [0, 0.05) is 26.4 Å². The van der Waals surface area contributed by atoms with Crippen molar-refractivity contribution < 1.29 is 73.1 Å². The van der Waals surface area contributed by atoms with E-state index in [9.17, 15) is 39.9 Å². The summed E-state index contributed by atoms with van der Waals surface area (Å²) in [5.41, 5.74) is -1.49. The number of methoxy groups -OCH3 is 1. The molecule has 3 aliphatic rings. The van der Waals surface area contributed by atoms with E-state index in [-0.39, 0.29) is 25.7 Å². The molecule has 0 aromatic carbocycles. The second-order valence-electron chi connectivity index (χ2n) is 15.2. The lowest BCUT2D eigenvalue weighted by atomic mass is 9.82. The van der Waals surface area contributed by atoms with Gasteiger partial charge in [-0.1, -0.05) is 38.2 Å². The Bertz CT molecular complexity index is 1260. The van der Waals surface area contributed by atoms with Crippen LogP contribution in [0.25, 0.3) is 0 Å². The van der Waals surface area contributed by atoms with Crippen LogP contribution in [0.5, 0.6) is 0 Å². The molecule has 17 atom stereocenters. The molecule has 3 heterocycles. The number of cyclic esters (lactones) is 1. The summed E-state index contributed by atoms with van der Waals surface area (Å²) < 4.78 is 42.3. The standard InChI is InChI=1S/C38H63NO15/c1-10-28(43)52-27-18-29(44)49-21(3)26(42)14-12-11-13-25(41)20(2)17-24(15-16-40)34(35(27)48-9)54-37-32(45)31(39(7)8)33(22(4)51-37)53-30-19-38(6,47)36(46)23(5)50-30/h11-14,16,20-27,30-37,41-42,45-47H,10,15,17-19H2,1-9H3/b13-11+,14-12+/t20-,21-,22+,23-,24-,25+,26-,27-,30-,31+,32+,33+,34+,35+,36-,37-,38+/m0/s1. The van der Waals surface area contributed by atoms with Crippen LogP contribution in [0.4, 0.5) is 0 Å². The van der Waals surface area contributed by atoms with Gasteiger partial charge in [-0.25, -0.2) is 0 Å². The molecule has 0 amide bonds. The number of carbonyl (C=O) groups excluding carboxylic acids is 3. The summed E-state index contributed by atoms with van der Waals surface area (Å²) in [4.78, 5) is 40.0. The molecule has 0 unspecified atom stereocenters. The number of nitrogens with zero attached hydrogens (tertiary/aromatic N) is 1. The zero-order valence-corrected chi connectivity index (χ0v) is 32.9. The molecule has 0 aromatic heterocycles. The van der Waals surface area contributed by atoms with E-state index >= 15 is 0 Å². The fourth-order valence-electron chi connectivity index (χ4n) is 7.37. The van der Waals surface area contributed by atoms with Crippen molar-refractivity contribution in [3.8, 4) is 0 Å². The fourth-order valence-corrected chi connectivity index (χ4v) is 7.37. The van der Waals surface area contributed by atoms with Crippen LogP contribution in [0, 0.1) is 11.8 Å². The minimum Gasteiger partial charge on any atom is -0.459 e. The van der Waals surface area contributed by atoms with E-state index in [1.165, 1.54) is 39.2 Å². The quantitative estimate of drug-likeness (QED) is 0.153. The lowest BCUT2D eigenvalue weighted by Gasteiger charge is -2.50. The second-order valence-corrected chi connectivity index (χ2v) is 15.2. The molecule has 310 valence electrons. The number of carbonyl (C=O) groups is 3. The van der Waals surface area contributed by atoms with Gasteiger partial charge in [-0.15, -0.1) is 0 Å². The van der Waals surface area contributed by atoms with E-state index in [1.54, 1.807) is 52.8 Å². The molecule has 3 aliphatic heterocycles. The molecule has 0 spiro atoms. The third-order valence-electron chi connectivity index (χ3n) is 10.6. The van der Waals surface area contributed by atoms with Crippen molar-refractivity contribution >= 4 is 18.2 Å². The average molecular weight is 774 g/mol. The Morgan fingerprint density at radius 3 is 2.19 bits per heavy atom. The van der Waals surface area contributed by atoms with E-state index in [4.69, 9.17) is 33.2 Å². The van der Waals surface area contributed by atoms with Crippen LogP contribution in [0.3, 0.4) is 0 Å². The highest BCUT2D eigenvalue weighted by Gasteiger charge is 2.52. The van der Waals surface area contributed by atoms with Crippen LogP contribution in [-0.4, -0.2) is 161 Å². The van der Waals surface area contributed by atoms with Crippen LogP contribution >= 0.6 is 0 Å². The number of aldehydes is 1. The molecule has 0 radical (unpaired) electrons. The molecule has 0 bridgehead atoms. The Labute approximate surface area is 318 Å². The molecule has 2 saturated heterocycles. The maximum Gasteiger partial charge on any atom is 0.310 e. The molecular weight excluding hydrogens is 710 g/mol. The molecule has 5 N–H and O–H groups in total. The molecule has 0 saturated carbocycles. The first-order chi connectivity index (χ1) is 25.3. The van der Waals surface area contributed by atoms with Crippen molar-refractivity contribution in [1.82, 2.24) is 4.90 Å². The minimum absolute atomic E-state index is 0.0352. The third-order valence-corrected chi connectivity index (χ3v) is 10.6. The van der Waals surface area contributed by atoms with Crippen molar-refractivity contribution in [1.29, 1.82) is 0 Å². The third kappa shape index (κ3) is 12.1. The van der Waals surface area contributed by atoms with Gasteiger partial charge in [-0.2, -0.15) is 0 Å². The summed E-state index contributed by atoms with van der Waals surface area (Å²) in [5, 5.41) is 54.8. The smallest absolute Gasteiger partial charge is 0.310 e. The zero-order valence-electron chi connectivity index (χ0n) is 32.9. The average Bonchev–Trinajstić information content (AvgIpc) is 3.09. The van der Waals surface area contributed by atoms with E-state index in [1.807, 2.05) is 0 Å². The molecular formula is C38H63NO15. The van der Waals surface area contributed by atoms with Crippen molar-refractivity contribution in [2.45, 2.75) is 165 Å². The summed E-state index contributed by atoms with van der Waals surface area (Å²) in [6.45, 7) is 9.69. The maximum atomic E-state index is 13.3. The topological polar surface area (TPSA) is 220 Å². The molecule has 16 heteroatoms. The van der Waals surface area contributed by atoms with Gasteiger partial charge in [0.1, 0.15) is 49.0 Å². The predicted molar refractivity (Wildman–Crippen MR) is 193 cm³/mol. The van der Waals surface area contributed by atoms with Crippen LogP contribution in [0.15, 0.2) is 24.3 Å². The maximum absolute atomic E-state index is 13.3. The number of rotatable bonds is 10. The van der Waals surface area contributed by atoms with Crippen molar-refractivity contribution in [2.24, 2.45) is 11.8 Å². The molecule has 2 fully saturated rings. The number of hydrogen-bond donors (Lipinski definition) is 5. The zero-order chi connectivity index (χ0) is 40.5. The lowest BCUT2D eigenvalue weighted by Crippen LogP contribution is -2.65. The Morgan fingerprint density at radius 1 is 0.963 bits per heavy atom. The van der Waals surface area contributed by atoms with Gasteiger partial charge in [0.25, 0.3) is 0 Å². The van der Waals surface area contributed by atoms with Gasteiger partial charge < -0.3 is 68.4 Å². The summed E-state index contributed by atoms with van der Waals surface area (Å²) in [6, 6.07) is -0.776. The first kappa shape index (κ1) is 46.0. The van der Waals surface area contributed by atoms with Gasteiger partial charge in [0.2, 0.25) is 0 Å². The minimum atomic E-state index is -1.49. The van der Waals surface area contributed by atoms with E-state index in [2.05, 4.69) is 0 Å². The van der Waals surface area contributed by atoms with Crippen LogP contribution < -0.4 is 0 Å². The summed E-state index contributed by atoms with van der Waals surface area (Å²) in [5.74, 6) is -2.64. The number of allylic oxidation sites excluding steroid dienone is 2. The molecule has 16 nitrogen and oxygen atoms in total. The number of aliphatic hydroxyl groups excluding tert-OH is 4. The van der Waals surface area contributed by atoms with Crippen molar-refractivity contribution in [3.63, 3.8) is 0 Å².